The lowest BCUT2D eigenvalue weighted by Gasteiger charge is -2.32. The summed E-state index contributed by atoms with van der Waals surface area (Å²) in [5.74, 6) is 5.94. The summed E-state index contributed by atoms with van der Waals surface area (Å²) in [6, 6.07) is 20.8. The van der Waals surface area contributed by atoms with Gasteiger partial charge in [0.1, 0.15) is 18.8 Å². The van der Waals surface area contributed by atoms with Crippen molar-refractivity contribution in [2.75, 3.05) is 20.3 Å². The molecule has 1 saturated heterocycles. The fourth-order valence-corrected chi connectivity index (χ4v) is 3.40. The van der Waals surface area contributed by atoms with E-state index in [2.05, 4.69) is 65.3 Å². The van der Waals surface area contributed by atoms with Gasteiger partial charge in [-0.05, 0) is 25.0 Å². The van der Waals surface area contributed by atoms with Gasteiger partial charge in [-0.2, -0.15) is 0 Å². The van der Waals surface area contributed by atoms with Gasteiger partial charge in [-0.1, -0.05) is 72.5 Å². The van der Waals surface area contributed by atoms with Gasteiger partial charge in [-0.25, -0.2) is 0 Å². The number of nitrogens with zero attached hydrogens (tertiary/aromatic N) is 1. The highest BCUT2D eigenvalue weighted by molar-refractivity contribution is 5.20. The van der Waals surface area contributed by atoms with Gasteiger partial charge in [0, 0.05) is 20.2 Å². The van der Waals surface area contributed by atoms with Crippen LogP contribution in [0.2, 0.25) is 0 Å². The number of methoxy groups -OCH3 is 1. The largest absolute Gasteiger partial charge is 0.372 e. The Bertz CT molecular complexity index is 738. The molecule has 148 valence electrons. The molecule has 0 radical (unpaired) electrons. The molecule has 0 bridgehead atoms. The first-order chi connectivity index (χ1) is 13.6. The van der Waals surface area contributed by atoms with Gasteiger partial charge in [0.2, 0.25) is 0 Å². The van der Waals surface area contributed by atoms with E-state index in [1.807, 2.05) is 26.0 Å². The van der Waals surface area contributed by atoms with Crippen LogP contribution in [0.25, 0.3) is 0 Å². The Morgan fingerprint density at radius 1 is 1.04 bits per heavy atom. The SMILES string of the molecule is COCC#C[C@H]([C@H]1COC(C)(C)O1)N(Cc1ccccc1)Cc1ccccc1. The van der Waals surface area contributed by atoms with Gasteiger partial charge in [-0.3, -0.25) is 4.90 Å². The lowest BCUT2D eigenvalue weighted by molar-refractivity contribution is -0.144. The van der Waals surface area contributed by atoms with Gasteiger partial charge >= 0.3 is 0 Å². The molecule has 1 heterocycles. The molecule has 0 spiro atoms. The van der Waals surface area contributed by atoms with Gasteiger partial charge < -0.3 is 14.2 Å². The average molecular weight is 380 g/mol. The molecular weight excluding hydrogens is 350 g/mol. The summed E-state index contributed by atoms with van der Waals surface area (Å²) in [7, 11) is 1.66. The van der Waals surface area contributed by atoms with Crippen LogP contribution < -0.4 is 0 Å². The van der Waals surface area contributed by atoms with Crippen LogP contribution in [0, 0.1) is 11.8 Å². The maximum Gasteiger partial charge on any atom is 0.163 e. The zero-order chi connectivity index (χ0) is 19.8. The molecule has 4 nitrogen and oxygen atoms in total. The molecule has 0 amide bonds. The van der Waals surface area contributed by atoms with Crippen molar-refractivity contribution in [2.45, 2.75) is 44.9 Å². The van der Waals surface area contributed by atoms with Gasteiger partial charge in [-0.15, -0.1) is 0 Å². The zero-order valence-electron chi connectivity index (χ0n) is 16.9. The molecule has 3 rings (SSSR count). The van der Waals surface area contributed by atoms with Crippen LogP contribution in [0.3, 0.4) is 0 Å². The first-order valence-corrected chi connectivity index (χ1v) is 9.68. The van der Waals surface area contributed by atoms with Crippen molar-refractivity contribution in [2.24, 2.45) is 0 Å². The Hall–Kier alpha value is -2.16. The number of hydrogen-bond donors (Lipinski definition) is 0. The third-order valence-corrected chi connectivity index (χ3v) is 4.70. The van der Waals surface area contributed by atoms with E-state index >= 15 is 0 Å². The minimum absolute atomic E-state index is 0.0997. The summed E-state index contributed by atoms with van der Waals surface area (Å²) in [6.45, 7) is 6.39. The molecule has 0 unspecified atom stereocenters. The van der Waals surface area contributed by atoms with E-state index in [0.29, 0.717) is 13.2 Å². The quantitative estimate of drug-likeness (QED) is 0.684. The smallest absolute Gasteiger partial charge is 0.163 e. The lowest BCUT2D eigenvalue weighted by Crippen LogP contribution is -2.44. The summed E-state index contributed by atoms with van der Waals surface area (Å²) in [5, 5.41) is 0. The number of hydrogen-bond acceptors (Lipinski definition) is 4. The van der Waals surface area contributed by atoms with Crippen LogP contribution in [0.1, 0.15) is 25.0 Å². The predicted molar refractivity (Wildman–Crippen MR) is 110 cm³/mol. The lowest BCUT2D eigenvalue weighted by atomic mass is 10.1. The molecule has 1 aliphatic heterocycles. The summed E-state index contributed by atoms with van der Waals surface area (Å²) in [4.78, 5) is 2.36. The normalized spacial score (nSPS) is 19.2. The van der Waals surface area contributed by atoms with E-state index in [0.717, 1.165) is 13.1 Å². The Balaban J connectivity index is 1.89. The van der Waals surface area contributed by atoms with Crippen LogP contribution in [-0.2, 0) is 27.3 Å². The molecule has 0 saturated carbocycles. The van der Waals surface area contributed by atoms with Crippen molar-refractivity contribution in [3.63, 3.8) is 0 Å². The Morgan fingerprint density at radius 3 is 2.07 bits per heavy atom. The van der Waals surface area contributed by atoms with Crippen molar-refractivity contribution in [1.82, 2.24) is 4.90 Å². The van der Waals surface area contributed by atoms with Crippen molar-refractivity contribution < 1.29 is 14.2 Å². The van der Waals surface area contributed by atoms with Crippen LogP contribution in [0.4, 0.5) is 0 Å². The molecule has 4 heteroatoms. The van der Waals surface area contributed by atoms with Crippen molar-refractivity contribution in [1.29, 1.82) is 0 Å². The molecule has 2 aromatic carbocycles. The van der Waals surface area contributed by atoms with Crippen molar-refractivity contribution in [3.05, 3.63) is 71.8 Å². The maximum absolute atomic E-state index is 6.19. The van der Waals surface area contributed by atoms with Crippen LogP contribution in [0.5, 0.6) is 0 Å². The predicted octanol–water partition coefficient (Wildman–Crippen LogP) is 3.86. The first kappa shape index (κ1) is 20.6. The number of rotatable bonds is 7. The monoisotopic (exact) mass is 379 g/mol. The summed E-state index contributed by atoms with van der Waals surface area (Å²) in [6.07, 6.45) is -0.119. The summed E-state index contributed by atoms with van der Waals surface area (Å²) < 4.78 is 17.2. The van der Waals surface area contributed by atoms with E-state index in [-0.39, 0.29) is 12.1 Å². The average Bonchev–Trinajstić information content (AvgIpc) is 3.06. The number of benzene rings is 2. The molecule has 1 fully saturated rings. The standard InChI is InChI=1S/C24H29NO3/c1-24(2)27-19-23(28-24)22(15-10-16-26-3)25(17-20-11-6-4-7-12-20)18-21-13-8-5-9-14-21/h4-9,11-14,22-23H,16-19H2,1-3H3/t22-,23-/m1/s1. The minimum Gasteiger partial charge on any atom is -0.372 e. The summed E-state index contributed by atoms with van der Waals surface area (Å²) in [5.41, 5.74) is 2.49. The van der Waals surface area contributed by atoms with Crippen LogP contribution >= 0.6 is 0 Å². The third-order valence-electron chi connectivity index (χ3n) is 4.70. The molecular formula is C24H29NO3. The molecule has 0 N–H and O–H groups in total. The van der Waals surface area contributed by atoms with Gasteiger partial charge in [0.05, 0.1) is 6.61 Å². The van der Waals surface area contributed by atoms with Crippen LogP contribution in [0.15, 0.2) is 60.7 Å². The second-order valence-electron chi connectivity index (χ2n) is 7.44. The third kappa shape index (κ3) is 5.92. The molecule has 0 aromatic heterocycles. The first-order valence-electron chi connectivity index (χ1n) is 9.68. The minimum atomic E-state index is -0.586. The molecule has 2 atom stereocenters. The van der Waals surface area contributed by atoms with E-state index in [1.54, 1.807) is 7.11 Å². The Labute approximate surface area is 168 Å². The van der Waals surface area contributed by atoms with E-state index in [9.17, 15) is 0 Å². The van der Waals surface area contributed by atoms with Gasteiger partial charge in [0.15, 0.2) is 5.79 Å². The second-order valence-corrected chi connectivity index (χ2v) is 7.44. The summed E-state index contributed by atoms with van der Waals surface area (Å²) >= 11 is 0. The van der Waals surface area contributed by atoms with Crippen molar-refractivity contribution in [3.8, 4) is 11.8 Å². The highest BCUT2D eigenvalue weighted by atomic mass is 16.7. The fraction of sp³-hybridized carbons (Fsp3) is 0.417. The molecule has 28 heavy (non-hydrogen) atoms. The second kappa shape index (κ2) is 9.86. The Kier molecular flexibility index (Phi) is 7.24. The highest BCUT2D eigenvalue weighted by Crippen LogP contribution is 2.27. The topological polar surface area (TPSA) is 30.9 Å². The molecule has 2 aromatic rings. The van der Waals surface area contributed by atoms with E-state index < -0.39 is 5.79 Å². The van der Waals surface area contributed by atoms with Gasteiger partial charge in [0.25, 0.3) is 0 Å². The molecule has 1 aliphatic rings. The van der Waals surface area contributed by atoms with E-state index in [4.69, 9.17) is 14.2 Å². The number of ether oxygens (including phenoxy) is 3. The maximum atomic E-state index is 6.19. The highest BCUT2D eigenvalue weighted by Gasteiger charge is 2.39. The van der Waals surface area contributed by atoms with Crippen molar-refractivity contribution >= 4 is 0 Å². The van der Waals surface area contributed by atoms with E-state index in [1.165, 1.54) is 11.1 Å². The fourth-order valence-electron chi connectivity index (χ4n) is 3.40. The van der Waals surface area contributed by atoms with Crippen LogP contribution in [-0.4, -0.2) is 43.2 Å². The molecule has 0 aliphatic carbocycles. The zero-order valence-corrected chi connectivity index (χ0v) is 16.9. The Morgan fingerprint density at radius 2 is 1.61 bits per heavy atom.